The first-order valence-corrected chi connectivity index (χ1v) is 19.4. The summed E-state index contributed by atoms with van der Waals surface area (Å²) in [4.78, 5) is 10.8. The second kappa shape index (κ2) is 11.7. The van der Waals surface area contributed by atoms with E-state index in [2.05, 4.69) is 191 Å². The van der Waals surface area contributed by atoms with Gasteiger partial charge in [-0.25, -0.2) is 9.97 Å². The molecule has 0 N–H and O–H groups in total. The molecular weight excluding hydrogens is 689 g/mol. The third-order valence-electron chi connectivity index (χ3n) is 11.1. The third kappa shape index (κ3) is 4.45. The van der Waals surface area contributed by atoms with Crippen molar-refractivity contribution in [2.45, 2.75) is 0 Å². The van der Waals surface area contributed by atoms with Crippen LogP contribution >= 0.6 is 11.3 Å². The fraction of sp³-hybridized carbons (Fsp3) is 0. The summed E-state index contributed by atoms with van der Waals surface area (Å²) in [5.41, 5.74) is 11.1. The van der Waals surface area contributed by atoms with Gasteiger partial charge < -0.3 is 4.57 Å². The smallest absolute Gasteiger partial charge is 0.235 e. The molecule has 0 radical (unpaired) electrons. The first-order chi connectivity index (χ1) is 27.3. The molecule has 12 rings (SSSR count). The number of hydrogen-bond acceptors (Lipinski definition) is 3. The minimum absolute atomic E-state index is 0.664. The average Bonchev–Trinajstić information content (AvgIpc) is 3.90. The predicted molar refractivity (Wildman–Crippen MR) is 232 cm³/mol. The highest BCUT2D eigenvalue weighted by molar-refractivity contribution is 7.27. The van der Waals surface area contributed by atoms with Crippen LogP contribution in [0.3, 0.4) is 0 Å². The molecule has 256 valence electrons. The monoisotopic (exact) mass is 718 g/mol. The zero-order valence-corrected chi connectivity index (χ0v) is 30.3. The van der Waals surface area contributed by atoms with Gasteiger partial charge in [0, 0.05) is 38.2 Å². The standard InChI is InChI=1S/C50H30N4S/c1-3-15-32(16-4-1)45-38-21-9-11-24-42(38)51-50(52-45)54-44-29-26-33(36-23-13-17-31-14-7-8-20-35(31)36)30-41(44)37-27-28-40-47-48(55-49(40)46(37)54)39-22-10-12-25-43(39)53(47)34-18-5-2-6-19-34/h1-30H. The summed E-state index contributed by atoms with van der Waals surface area (Å²) in [5, 5.41) is 8.34. The van der Waals surface area contributed by atoms with Crippen molar-refractivity contribution >= 4 is 86.0 Å². The van der Waals surface area contributed by atoms with Crippen molar-refractivity contribution in [3.8, 4) is 34.0 Å². The van der Waals surface area contributed by atoms with Gasteiger partial charge in [0.25, 0.3) is 0 Å². The van der Waals surface area contributed by atoms with Gasteiger partial charge in [-0.3, -0.25) is 4.57 Å². The van der Waals surface area contributed by atoms with Crippen LogP contribution in [0.25, 0.3) is 109 Å². The van der Waals surface area contributed by atoms with Gasteiger partial charge in [-0.05, 0) is 58.3 Å². The number of aromatic nitrogens is 4. The molecule has 0 saturated heterocycles. The van der Waals surface area contributed by atoms with Gasteiger partial charge in [0.1, 0.15) is 0 Å². The number of fused-ring (bicyclic) bond motifs is 11. The molecule has 0 spiro atoms. The van der Waals surface area contributed by atoms with Gasteiger partial charge >= 0.3 is 0 Å². The highest BCUT2D eigenvalue weighted by Crippen LogP contribution is 2.47. The van der Waals surface area contributed by atoms with Crippen LogP contribution in [0, 0.1) is 0 Å². The summed E-state index contributed by atoms with van der Waals surface area (Å²) in [5.74, 6) is 0.664. The molecule has 8 aromatic carbocycles. The lowest BCUT2D eigenvalue weighted by atomic mass is 9.97. The van der Waals surface area contributed by atoms with Crippen molar-refractivity contribution in [1.82, 2.24) is 19.1 Å². The van der Waals surface area contributed by atoms with E-state index in [1.165, 1.54) is 63.9 Å². The van der Waals surface area contributed by atoms with E-state index in [0.717, 1.165) is 38.9 Å². The van der Waals surface area contributed by atoms with Crippen LogP contribution in [0.1, 0.15) is 0 Å². The van der Waals surface area contributed by atoms with Gasteiger partial charge in [0.15, 0.2) is 0 Å². The lowest BCUT2D eigenvalue weighted by molar-refractivity contribution is 1.02. The van der Waals surface area contributed by atoms with Crippen molar-refractivity contribution < 1.29 is 0 Å². The molecule has 4 heterocycles. The molecule has 0 unspecified atom stereocenters. The second-order valence-corrected chi connectivity index (χ2v) is 15.2. The molecule has 0 bridgehead atoms. The van der Waals surface area contributed by atoms with Gasteiger partial charge in [0.05, 0.1) is 42.7 Å². The summed E-state index contributed by atoms with van der Waals surface area (Å²) in [6, 6.07) is 65.1. The largest absolute Gasteiger partial charge is 0.308 e. The van der Waals surface area contributed by atoms with E-state index in [9.17, 15) is 0 Å². The molecule has 0 aliphatic heterocycles. The molecule has 12 aromatic rings. The Morgan fingerprint density at radius 3 is 1.93 bits per heavy atom. The lowest BCUT2D eigenvalue weighted by Gasteiger charge is -2.12. The minimum Gasteiger partial charge on any atom is -0.308 e. The zero-order valence-electron chi connectivity index (χ0n) is 29.5. The predicted octanol–water partition coefficient (Wildman–Crippen LogP) is 13.5. The van der Waals surface area contributed by atoms with Gasteiger partial charge in [0.2, 0.25) is 5.95 Å². The van der Waals surface area contributed by atoms with Crippen molar-refractivity contribution in [3.05, 3.63) is 182 Å². The summed E-state index contributed by atoms with van der Waals surface area (Å²) in [6.45, 7) is 0. The molecule has 5 heteroatoms. The molecule has 4 aromatic heterocycles. The van der Waals surface area contributed by atoms with Gasteiger partial charge in [-0.2, -0.15) is 0 Å². The fourth-order valence-corrected chi connectivity index (χ4v) is 10.1. The average molecular weight is 719 g/mol. The van der Waals surface area contributed by atoms with E-state index >= 15 is 0 Å². The van der Waals surface area contributed by atoms with E-state index in [0.29, 0.717) is 5.95 Å². The van der Waals surface area contributed by atoms with Gasteiger partial charge in [-0.15, -0.1) is 11.3 Å². The lowest BCUT2D eigenvalue weighted by Crippen LogP contribution is -2.03. The first kappa shape index (κ1) is 30.4. The maximum absolute atomic E-state index is 5.45. The fourth-order valence-electron chi connectivity index (χ4n) is 8.70. The SMILES string of the molecule is c1ccc(-c2nc(-n3c4ccc(-c5cccc6ccccc56)cc4c4ccc5c(sc6c7ccccc7n(-c7ccccc7)c56)c43)nc3ccccc23)cc1. The Morgan fingerprint density at radius 1 is 0.400 bits per heavy atom. The number of benzene rings is 8. The summed E-state index contributed by atoms with van der Waals surface area (Å²) in [7, 11) is 0. The normalized spacial score (nSPS) is 12.0. The van der Waals surface area contributed by atoms with Crippen LogP contribution in [0.15, 0.2) is 182 Å². The highest BCUT2D eigenvalue weighted by atomic mass is 32.1. The topological polar surface area (TPSA) is 35.6 Å². The van der Waals surface area contributed by atoms with Crippen molar-refractivity contribution in [1.29, 1.82) is 0 Å². The van der Waals surface area contributed by atoms with Crippen LogP contribution < -0.4 is 0 Å². The number of para-hydroxylation sites is 3. The molecule has 0 aliphatic rings. The van der Waals surface area contributed by atoms with Gasteiger partial charge in [-0.1, -0.05) is 146 Å². The van der Waals surface area contributed by atoms with Crippen LogP contribution in [0.4, 0.5) is 0 Å². The molecular formula is C50H30N4S. The maximum atomic E-state index is 5.45. The Bertz CT molecular complexity index is 3480. The summed E-state index contributed by atoms with van der Waals surface area (Å²) in [6.07, 6.45) is 0. The number of rotatable bonds is 4. The van der Waals surface area contributed by atoms with E-state index in [4.69, 9.17) is 9.97 Å². The first-order valence-electron chi connectivity index (χ1n) is 18.6. The van der Waals surface area contributed by atoms with Crippen LogP contribution in [0.2, 0.25) is 0 Å². The Kier molecular flexibility index (Phi) is 6.47. The zero-order chi connectivity index (χ0) is 36.0. The molecule has 0 atom stereocenters. The highest BCUT2D eigenvalue weighted by Gasteiger charge is 2.24. The van der Waals surface area contributed by atoms with Crippen molar-refractivity contribution in [2.24, 2.45) is 0 Å². The Labute approximate surface area is 319 Å². The molecule has 0 aliphatic carbocycles. The minimum atomic E-state index is 0.664. The molecule has 0 amide bonds. The molecule has 0 saturated carbocycles. The molecule has 0 fully saturated rings. The van der Waals surface area contributed by atoms with Crippen LogP contribution in [-0.4, -0.2) is 19.1 Å². The van der Waals surface area contributed by atoms with E-state index in [1.807, 2.05) is 11.3 Å². The second-order valence-electron chi connectivity index (χ2n) is 14.2. The van der Waals surface area contributed by atoms with Crippen molar-refractivity contribution in [2.75, 3.05) is 0 Å². The Balaban J connectivity index is 1.23. The molecule has 4 nitrogen and oxygen atoms in total. The Hall–Kier alpha value is -7.08. The maximum Gasteiger partial charge on any atom is 0.235 e. The quantitative estimate of drug-likeness (QED) is 0.182. The molecule has 55 heavy (non-hydrogen) atoms. The third-order valence-corrected chi connectivity index (χ3v) is 12.4. The van der Waals surface area contributed by atoms with Crippen molar-refractivity contribution in [3.63, 3.8) is 0 Å². The van der Waals surface area contributed by atoms with E-state index in [1.54, 1.807) is 0 Å². The summed E-state index contributed by atoms with van der Waals surface area (Å²) >= 11 is 1.87. The van der Waals surface area contributed by atoms with E-state index in [-0.39, 0.29) is 0 Å². The Morgan fingerprint density at radius 2 is 1.05 bits per heavy atom. The van der Waals surface area contributed by atoms with E-state index < -0.39 is 0 Å². The number of hydrogen-bond donors (Lipinski definition) is 0. The number of nitrogens with zero attached hydrogens (tertiary/aromatic N) is 4. The summed E-state index contributed by atoms with van der Waals surface area (Å²) < 4.78 is 7.25. The number of thiophene rings is 1. The van der Waals surface area contributed by atoms with Crippen LogP contribution in [0.5, 0.6) is 0 Å². The van der Waals surface area contributed by atoms with Crippen LogP contribution in [-0.2, 0) is 0 Å².